The molecule has 5 rings (SSSR count). The van der Waals surface area contributed by atoms with Gasteiger partial charge >= 0.3 is 6.18 Å². The molecule has 200 valence electrons. The fourth-order valence-corrected chi connectivity index (χ4v) is 5.07. The number of benzene rings is 3. The predicted molar refractivity (Wildman–Crippen MR) is 147 cm³/mol. The van der Waals surface area contributed by atoms with Crippen molar-refractivity contribution in [3.8, 4) is 11.4 Å². The van der Waals surface area contributed by atoms with Gasteiger partial charge in [0.15, 0.2) is 0 Å². The lowest BCUT2D eigenvalue weighted by Crippen LogP contribution is -2.29. The molecule has 0 unspecified atom stereocenters. The smallest absolute Gasteiger partial charge is 0.345 e. The van der Waals surface area contributed by atoms with Crippen molar-refractivity contribution < 1.29 is 18.0 Å². The summed E-state index contributed by atoms with van der Waals surface area (Å²) in [6, 6.07) is 18.0. The lowest BCUT2D eigenvalue weighted by atomic mass is 10.00. The van der Waals surface area contributed by atoms with Gasteiger partial charge in [-0.3, -0.25) is 9.78 Å². The maximum absolute atomic E-state index is 13.7. The Labute approximate surface area is 224 Å². The number of halogens is 3. The number of fused-ring (bicyclic) bond motifs is 2. The van der Waals surface area contributed by atoms with Crippen molar-refractivity contribution in [2.45, 2.75) is 51.9 Å². The molecule has 0 saturated heterocycles. The number of para-hydroxylation sites is 1. The van der Waals surface area contributed by atoms with Crippen LogP contribution in [-0.4, -0.2) is 20.4 Å². The zero-order valence-corrected chi connectivity index (χ0v) is 22.0. The summed E-state index contributed by atoms with van der Waals surface area (Å²) in [5.74, 6) is 0.417. The van der Waals surface area contributed by atoms with E-state index in [9.17, 15) is 18.0 Å². The number of imidazole rings is 1. The van der Waals surface area contributed by atoms with Crippen LogP contribution in [0.2, 0.25) is 0 Å². The Hall–Kier alpha value is -4.20. The first-order valence-electron chi connectivity index (χ1n) is 13.0. The van der Waals surface area contributed by atoms with Crippen LogP contribution in [0.3, 0.4) is 0 Å². The van der Waals surface area contributed by atoms with Crippen LogP contribution in [0.5, 0.6) is 0 Å². The molecule has 8 heteroatoms. The first-order chi connectivity index (χ1) is 18.7. The van der Waals surface area contributed by atoms with Gasteiger partial charge in [-0.25, -0.2) is 4.98 Å². The monoisotopic (exact) mass is 530 g/mol. The van der Waals surface area contributed by atoms with Crippen LogP contribution in [0.1, 0.15) is 67.2 Å². The fraction of sp³-hybridized carbons (Fsp3) is 0.258. The molecule has 0 bridgehead atoms. The van der Waals surface area contributed by atoms with Crippen molar-refractivity contribution in [1.29, 1.82) is 0 Å². The summed E-state index contributed by atoms with van der Waals surface area (Å²) in [5.41, 5.74) is 2.63. The van der Waals surface area contributed by atoms with E-state index in [0.717, 1.165) is 40.7 Å². The molecule has 3 aromatic carbocycles. The molecule has 2 heterocycles. The van der Waals surface area contributed by atoms with Crippen LogP contribution in [0, 0.1) is 0 Å². The number of rotatable bonds is 7. The van der Waals surface area contributed by atoms with Gasteiger partial charge in [0.05, 0.1) is 28.2 Å². The Bertz CT molecular complexity index is 1630. The second-order valence-electron chi connectivity index (χ2n) is 9.92. The molecule has 2 aromatic heterocycles. The molecule has 0 saturated carbocycles. The molecule has 0 radical (unpaired) electrons. The summed E-state index contributed by atoms with van der Waals surface area (Å²) in [4.78, 5) is 23.1. The van der Waals surface area contributed by atoms with E-state index in [-0.39, 0.29) is 11.9 Å². The summed E-state index contributed by atoms with van der Waals surface area (Å²) >= 11 is 0. The molecule has 1 N–H and O–H groups in total. The fourth-order valence-electron chi connectivity index (χ4n) is 5.07. The predicted octanol–water partition coefficient (Wildman–Crippen LogP) is 8.12. The topological polar surface area (TPSA) is 59.8 Å². The number of hydrogen-bond acceptors (Lipinski definition) is 3. The molecule has 5 nitrogen and oxygen atoms in total. The third-order valence-electron chi connectivity index (χ3n) is 6.90. The van der Waals surface area contributed by atoms with Gasteiger partial charge in [0.1, 0.15) is 5.82 Å². The Kier molecular flexibility index (Phi) is 7.12. The van der Waals surface area contributed by atoms with Crippen LogP contribution in [0.15, 0.2) is 79.1 Å². The van der Waals surface area contributed by atoms with Gasteiger partial charge in [-0.15, -0.1) is 0 Å². The van der Waals surface area contributed by atoms with E-state index in [1.165, 1.54) is 12.1 Å². The molecule has 0 aliphatic heterocycles. The minimum absolute atomic E-state index is 0.0146. The first kappa shape index (κ1) is 26.4. The van der Waals surface area contributed by atoms with E-state index >= 15 is 0 Å². The number of hydrogen-bond donors (Lipinski definition) is 1. The molecule has 5 aromatic rings. The number of carbonyl (C=O) groups is 1. The van der Waals surface area contributed by atoms with Crippen LogP contribution >= 0.6 is 0 Å². The highest BCUT2D eigenvalue weighted by atomic mass is 19.4. The number of nitrogens with one attached hydrogen (secondary N) is 1. The average molecular weight is 531 g/mol. The largest absolute Gasteiger partial charge is 0.416 e. The van der Waals surface area contributed by atoms with Crippen molar-refractivity contribution in [3.63, 3.8) is 0 Å². The molecule has 39 heavy (non-hydrogen) atoms. The highest BCUT2D eigenvalue weighted by molar-refractivity contribution is 6.06. The summed E-state index contributed by atoms with van der Waals surface area (Å²) < 4.78 is 41.3. The number of amides is 1. The quantitative estimate of drug-likeness (QED) is 0.231. The minimum Gasteiger partial charge on any atom is -0.345 e. The van der Waals surface area contributed by atoms with E-state index in [4.69, 9.17) is 4.98 Å². The van der Waals surface area contributed by atoms with E-state index in [2.05, 4.69) is 14.9 Å². The molecule has 1 atom stereocenters. The molecular weight excluding hydrogens is 501 g/mol. The van der Waals surface area contributed by atoms with Gasteiger partial charge in [-0.2, -0.15) is 13.2 Å². The standard InChI is InChI=1S/C31H29F3N4O/c1-4-8-26(20-13-15-22(16-14-20)31(32,33)34)37-30(39)24-11-7-12-27-28(24)38(19(2)3)29(36-27)25-18-35-17-21-9-5-6-10-23(21)25/h5-7,9-19,26H,4,8H2,1-3H3,(H,37,39)/t26-/m0/s1. The van der Waals surface area contributed by atoms with Crippen molar-refractivity contribution in [2.24, 2.45) is 0 Å². The van der Waals surface area contributed by atoms with Gasteiger partial charge in [0.25, 0.3) is 5.91 Å². The molecule has 1 amide bonds. The molecule has 0 spiro atoms. The minimum atomic E-state index is -4.41. The average Bonchev–Trinajstić information content (AvgIpc) is 3.32. The van der Waals surface area contributed by atoms with Crippen LogP contribution in [0.25, 0.3) is 33.2 Å². The van der Waals surface area contributed by atoms with Gasteiger partial charge in [0.2, 0.25) is 0 Å². The summed E-state index contributed by atoms with van der Waals surface area (Å²) in [6.07, 6.45) is 0.533. The van der Waals surface area contributed by atoms with Crippen LogP contribution < -0.4 is 5.32 Å². The van der Waals surface area contributed by atoms with E-state index in [1.807, 2.05) is 57.3 Å². The SMILES string of the molecule is CCC[C@H](NC(=O)c1cccc2nc(-c3cncc4ccccc34)n(C(C)C)c12)c1ccc(C(F)(F)F)cc1. The van der Waals surface area contributed by atoms with Crippen molar-refractivity contribution in [1.82, 2.24) is 19.9 Å². The summed E-state index contributed by atoms with van der Waals surface area (Å²) in [5, 5.41) is 5.08. The van der Waals surface area contributed by atoms with Gasteiger partial charge < -0.3 is 9.88 Å². The Morgan fingerprint density at radius 3 is 2.41 bits per heavy atom. The van der Waals surface area contributed by atoms with Crippen LogP contribution in [-0.2, 0) is 6.18 Å². The van der Waals surface area contributed by atoms with Crippen molar-refractivity contribution >= 4 is 27.7 Å². The lowest BCUT2D eigenvalue weighted by Gasteiger charge is -2.21. The molecular formula is C31H29F3N4O. The van der Waals surface area contributed by atoms with E-state index in [0.29, 0.717) is 28.6 Å². The molecule has 0 fully saturated rings. The third-order valence-corrected chi connectivity index (χ3v) is 6.90. The first-order valence-corrected chi connectivity index (χ1v) is 13.0. The number of pyridine rings is 1. The molecule has 0 aliphatic rings. The maximum Gasteiger partial charge on any atom is 0.416 e. The van der Waals surface area contributed by atoms with Gasteiger partial charge in [-0.05, 0) is 55.5 Å². The van der Waals surface area contributed by atoms with Crippen molar-refractivity contribution in [2.75, 3.05) is 0 Å². The Morgan fingerprint density at radius 2 is 1.72 bits per heavy atom. The number of alkyl halides is 3. The highest BCUT2D eigenvalue weighted by Gasteiger charge is 2.30. The van der Waals surface area contributed by atoms with Gasteiger partial charge in [-0.1, -0.05) is 55.8 Å². The van der Waals surface area contributed by atoms with Crippen LogP contribution in [0.4, 0.5) is 13.2 Å². The zero-order chi connectivity index (χ0) is 27.7. The Balaban J connectivity index is 1.57. The molecule has 0 aliphatic carbocycles. The summed E-state index contributed by atoms with van der Waals surface area (Å²) in [7, 11) is 0. The maximum atomic E-state index is 13.7. The van der Waals surface area contributed by atoms with E-state index in [1.54, 1.807) is 18.3 Å². The lowest BCUT2D eigenvalue weighted by molar-refractivity contribution is -0.137. The Morgan fingerprint density at radius 1 is 0.974 bits per heavy atom. The number of aromatic nitrogens is 3. The highest BCUT2D eigenvalue weighted by Crippen LogP contribution is 2.34. The third kappa shape index (κ3) is 5.11. The normalized spacial score (nSPS) is 12.8. The number of carbonyl (C=O) groups excluding carboxylic acids is 1. The summed E-state index contributed by atoms with van der Waals surface area (Å²) in [6.45, 7) is 6.06. The second kappa shape index (κ2) is 10.5. The zero-order valence-electron chi connectivity index (χ0n) is 22.0. The number of nitrogens with zero attached hydrogens (tertiary/aromatic N) is 3. The van der Waals surface area contributed by atoms with E-state index < -0.39 is 17.8 Å². The van der Waals surface area contributed by atoms with Crippen molar-refractivity contribution in [3.05, 3.63) is 95.8 Å². The van der Waals surface area contributed by atoms with Gasteiger partial charge in [0, 0.05) is 29.4 Å². The second-order valence-corrected chi connectivity index (χ2v) is 9.92.